The minimum Gasteiger partial charge on any atom is -0.359 e. The summed E-state index contributed by atoms with van der Waals surface area (Å²) in [5.41, 5.74) is 5.52. The molecule has 0 radical (unpaired) electrons. The van der Waals surface area contributed by atoms with Crippen LogP contribution in [0.5, 0.6) is 0 Å². The summed E-state index contributed by atoms with van der Waals surface area (Å²) < 4.78 is 40.2. The third kappa shape index (κ3) is 4.73. The maximum atomic E-state index is 13.4. The number of nitrogens with zero attached hydrogens (tertiary/aromatic N) is 1. The van der Waals surface area contributed by atoms with Crippen molar-refractivity contribution in [3.05, 3.63) is 76.6 Å². The summed E-state index contributed by atoms with van der Waals surface area (Å²) in [5.74, 6) is 0.269. The lowest BCUT2D eigenvalue weighted by Crippen LogP contribution is -2.23. The third-order valence-corrected chi connectivity index (χ3v) is 7.99. The number of carbonyl (C=O) groups is 1. The Morgan fingerprint density at radius 1 is 1.03 bits per heavy atom. The van der Waals surface area contributed by atoms with Crippen molar-refractivity contribution in [1.29, 1.82) is 0 Å². The first-order valence-electron chi connectivity index (χ1n) is 13.1. The van der Waals surface area contributed by atoms with Crippen LogP contribution in [0.3, 0.4) is 0 Å². The van der Waals surface area contributed by atoms with Gasteiger partial charge in [0.2, 0.25) is 0 Å². The summed E-state index contributed by atoms with van der Waals surface area (Å²) >= 11 is 0. The van der Waals surface area contributed by atoms with E-state index < -0.39 is 11.7 Å². The van der Waals surface area contributed by atoms with Crippen molar-refractivity contribution < 1.29 is 18.0 Å². The second-order valence-electron chi connectivity index (χ2n) is 10.4. The van der Waals surface area contributed by atoms with Crippen LogP contribution >= 0.6 is 0 Å². The molecule has 0 bridgehead atoms. The molecule has 6 rings (SSSR count). The number of fused-ring (bicyclic) bond motifs is 2. The molecule has 0 saturated carbocycles. The third-order valence-electron chi connectivity index (χ3n) is 7.99. The largest absolute Gasteiger partial charge is 0.416 e. The fraction of sp³-hybridized carbons (Fsp3) is 0.367. The molecule has 1 aliphatic carbocycles. The Labute approximate surface area is 214 Å². The van der Waals surface area contributed by atoms with Gasteiger partial charge in [0.1, 0.15) is 0 Å². The van der Waals surface area contributed by atoms with Crippen LogP contribution in [0.4, 0.5) is 18.9 Å². The molecule has 0 spiro atoms. The number of aromatic amines is 1. The van der Waals surface area contributed by atoms with E-state index in [9.17, 15) is 18.0 Å². The number of anilines is 1. The number of rotatable bonds is 5. The average molecular weight is 506 g/mol. The van der Waals surface area contributed by atoms with Crippen LogP contribution in [0.1, 0.15) is 66.1 Å². The van der Waals surface area contributed by atoms with E-state index in [1.54, 1.807) is 24.3 Å². The summed E-state index contributed by atoms with van der Waals surface area (Å²) in [6.07, 6.45) is 4.48. The second kappa shape index (κ2) is 9.53. The zero-order chi connectivity index (χ0) is 25.6. The highest BCUT2D eigenvalue weighted by molar-refractivity contribution is 6.36. The first-order chi connectivity index (χ1) is 17.9. The summed E-state index contributed by atoms with van der Waals surface area (Å²) in [5, 5.41) is 2.90. The van der Waals surface area contributed by atoms with E-state index in [-0.39, 0.29) is 5.91 Å². The number of halogens is 3. The van der Waals surface area contributed by atoms with Crippen molar-refractivity contribution in [2.75, 3.05) is 25.0 Å². The molecule has 37 heavy (non-hydrogen) atoms. The number of carbonyl (C=O) groups excluding carboxylic acids is 1. The molecule has 1 unspecified atom stereocenters. The predicted octanol–water partition coefficient (Wildman–Crippen LogP) is 7.10. The van der Waals surface area contributed by atoms with Gasteiger partial charge in [0.15, 0.2) is 0 Å². The number of aromatic nitrogens is 1. The lowest BCUT2D eigenvalue weighted by atomic mass is 9.84. The molecule has 2 aromatic carbocycles. The molecule has 192 valence electrons. The highest BCUT2D eigenvalue weighted by atomic mass is 19.4. The number of nitrogens with one attached hydrogen (secondary N) is 2. The topological polar surface area (TPSA) is 48.1 Å². The summed E-state index contributed by atoms with van der Waals surface area (Å²) in [4.78, 5) is 19.1. The number of hydrogen-bond acceptors (Lipinski definition) is 2. The van der Waals surface area contributed by atoms with Crippen molar-refractivity contribution in [2.45, 2.75) is 50.6 Å². The predicted molar refractivity (Wildman–Crippen MR) is 140 cm³/mol. The van der Waals surface area contributed by atoms with Crippen LogP contribution in [0.15, 0.2) is 48.5 Å². The summed E-state index contributed by atoms with van der Waals surface area (Å²) in [6.45, 7) is 3.53. The molecular weight excluding hydrogens is 475 g/mol. The molecule has 2 aliphatic heterocycles. The Balaban J connectivity index is 1.34. The van der Waals surface area contributed by atoms with Crippen LogP contribution in [-0.2, 0) is 17.4 Å². The van der Waals surface area contributed by atoms with Crippen LogP contribution in [0, 0.1) is 0 Å². The Hall–Kier alpha value is -3.32. The van der Waals surface area contributed by atoms with Gasteiger partial charge in [0.25, 0.3) is 5.91 Å². The van der Waals surface area contributed by atoms with E-state index in [2.05, 4.69) is 21.3 Å². The van der Waals surface area contributed by atoms with Gasteiger partial charge in [-0.3, -0.25) is 4.79 Å². The van der Waals surface area contributed by atoms with Gasteiger partial charge in [0, 0.05) is 22.6 Å². The lowest BCUT2D eigenvalue weighted by Gasteiger charge is -2.25. The van der Waals surface area contributed by atoms with Crippen LogP contribution in [0.25, 0.3) is 22.8 Å². The van der Waals surface area contributed by atoms with E-state index in [0.29, 0.717) is 33.9 Å². The van der Waals surface area contributed by atoms with Crippen LogP contribution < -0.4 is 5.32 Å². The number of aryl methyl sites for hydroxylation is 1. The van der Waals surface area contributed by atoms with Crippen molar-refractivity contribution in [3.8, 4) is 11.1 Å². The van der Waals surface area contributed by atoms with Gasteiger partial charge < -0.3 is 15.2 Å². The number of hydrogen-bond donors (Lipinski definition) is 2. The van der Waals surface area contributed by atoms with Crippen LogP contribution in [-0.4, -0.2) is 35.4 Å². The number of amides is 1. The molecule has 1 aromatic heterocycles. The fourth-order valence-electron chi connectivity index (χ4n) is 6.16. The second-order valence-corrected chi connectivity index (χ2v) is 10.4. The molecule has 7 heteroatoms. The summed E-state index contributed by atoms with van der Waals surface area (Å²) in [6, 6.07) is 12.8. The SMILES string of the molecule is O=C1Nc2cccc(-c3cccc(C(F)(F)F)c3)c2C1=Cc1cc2c([nH]1)CCCC2CCN1CCCC1. The maximum Gasteiger partial charge on any atom is 0.416 e. The smallest absolute Gasteiger partial charge is 0.359 e. The fourth-order valence-corrected chi connectivity index (χ4v) is 6.16. The molecule has 1 fully saturated rings. The zero-order valence-electron chi connectivity index (χ0n) is 20.6. The standard InChI is InChI=1S/C30H30F3N3O/c31-30(32,33)21-8-3-7-20(16-21)23-9-5-11-27-28(23)25(29(37)35-27)18-22-17-24-19(6-4-10-26(24)34-22)12-15-36-13-1-2-14-36/h3,5,7-9,11,16-19,34H,1-2,4,6,10,12-15H2,(H,35,37). The van der Waals surface area contributed by atoms with Gasteiger partial charge in [-0.05, 0) is 111 Å². The Bertz CT molecular complexity index is 1360. The monoisotopic (exact) mass is 505 g/mol. The molecule has 3 aromatic rings. The van der Waals surface area contributed by atoms with E-state index >= 15 is 0 Å². The number of benzene rings is 2. The minimum absolute atomic E-state index is 0.243. The van der Waals surface area contributed by atoms with Gasteiger partial charge in [0.05, 0.1) is 11.1 Å². The first kappa shape index (κ1) is 24.0. The molecule has 1 saturated heterocycles. The number of likely N-dealkylation sites (tertiary alicyclic amines) is 1. The molecule has 4 nitrogen and oxygen atoms in total. The number of H-pyrrole nitrogens is 1. The Morgan fingerprint density at radius 2 is 1.84 bits per heavy atom. The van der Waals surface area contributed by atoms with E-state index in [1.165, 1.54) is 49.7 Å². The molecular formula is C30H30F3N3O. The Kier molecular flexibility index (Phi) is 6.19. The molecule has 2 N–H and O–H groups in total. The van der Waals surface area contributed by atoms with Gasteiger partial charge in [-0.2, -0.15) is 13.2 Å². The van der Waals surface area contributed by atoms with Gasteiger partial charge >= 0.3 is 6.18 Å². The van der Waals surface area contributed by atoms with Crippen LogP contribution in [0.2, 0.25) is 0 Å². The normalized spacial score (nSPS) is 20.8. The minimum atomic E-state index is -4.44. The lowest BCUT2D eigenvalue weighted by molar-refractivity contribution is -0.137. The average Bonchev–Trinajstić information content (AvgIpc) is 3.61. The quantitative estimate of drug-likeness (QED) is 0.364. The van der Waals surface area contributed by atoms with Gasteiger partial charge in [-0.1, -0.05) is 24.3 Å². The Morgan fingerprint density at radius 3 is 2.65 bits per heavy atom. The maximum absolute atomic E-state index is 13.4. The van der Waals surface area contributed by atoms with Crippen molar-refractivity contribution in [2.24, 2.45) is 0 Å². The van der Waals surface area contributed by atoms with Crippen molar-refractivity contribution in [3.63, 3.8) is 0 Å². The van der Waals surface area contributed by atoms with Gasteiger partial charge in [-0.15, -0.1) is 0 Å². The van der Waals surface area contributed by atoms with E-state index in [4.69, 9.17) is 0 Å². The molecule has 1 amide bonds. The molecule has 3 heterocycles. The number of alkyl halides is 3. The molecule has 1 atom stereocenters. The zero-order valence-corrected chi connectivity index (χ0v) is 20.6. The van der Waals surface area contributed by atoms with E-state index in [0.717, 1.165) is 43.6 Å². The highest BCUT2D eigenvalue weighted by Crippen LogP contribution is 2.42. The summed E-state index contributed by atoms with van der Waals surface area (Å²) in [7, 11) is 0. The van der Waals surface area contributed by atoms with E-state index in [1.807, 2.05) is 6.08 Å². The van der Waals surface area contributed by atoms with Gasteiger partial charge in [-0.25, -0.2) is 0 Å². The van der Waals surface area contributed by atoms with Crippen molar-refractivity contribution >= 4 is 23.2 Å². The molecule has 3 aliphatic rings. The van der Waals surface area contributed by atoms with Crippen molar-refractivity contribution in [1.82, 2.24) is 9.88 Å². The highest BCUT2D eigenvalue weighted by Gasteiger charge is 2.32. The first-order valence-corrected chi connectivity index (χ1v) is 13.1.